The van der Waals surface area contributed by atoms with Gasteiger partial charge >= 0.3 is 0 Å². The summed E-state index contributed by atoms with van der Waals surface area (Å²) in [4.78, 5) is 0. The molecule has 0 unspecified atom stereocenters. The Morgan fingerprint density at radius 2 is 2.20 bits per heavy atom. The summed E-state index contributed by atoms with van der Waals surface area (Å²) >= 11 is 3.19. The van der Waals surface area contributed by atoms with Gasteiger partial charge in [-0.15, -0.1) is 0 Å². The van der Waals surface area contributed by atoms with E-state index >= 15 is 0 Å². The fourth-order valence-corrected chi connectivity index (χ4v) is 1.60. The minimum atomic E-state index is -3.42. The molecule has 0 aromatic heterocycles. The summed E-state index contributed by atoms with van der Waals surface area (Å²) in [6, 6.07) is 6.50. The van der Waals surface area contributed by atoms with Gasteiger partial charge in [-0.25, -0.2) is 12.8 Å². The third-order valence-electron chi connectivity index (χ3n) is 1.50. The Labute approximate surface area is 96.2 Å². The zero-order valence-electron chi connectivity index (χ0n) is 7.87. The average Bonchev–Trinajstić information content (AvgIpc) is 2.13. The standard InChI is InChI=1S/C9H9BrFNO2S/c1-15(13,14)12-6-9(11)7-3-2-4-8(10)5-7/h2-6,12H,1H3/b9-6+. The molecule has 0 bridgehead atoms. The third-order valence-corrected chi connectivity index (χ3v) is 2.54. The molecule has 0 spiro atoms. The molecular formula is C9H9BrFNO2S. The van der Waals surface area contributed by atoms with Crippen LogP contribution in [0.5, 0.6) is 0 Å². The minimum Gasteiger partial charge on any atom is -0.288 e. The molecule has 0 saturated carbocycles. The van der Waals surface area contributed by atoms with Crippen molar-refractivity contribution in [2.75, 3.05) is 6.26 Å². The van der Waals surface area contributed by atoms with Crippen LogP contribution in [0.15, 0.2) is 34.9 Å². The first-order chi connectivity index (χ1) is 6.88. The van der Waals surface area contributed by atoms with Crippen LogP contribution in [0.2, 0.25) is 0 Å². The normalized spacial score (nSPS) is 12.6. The van der Waals surface area contributed by atoms with E-state index in [1.54, 1.807) is 24.3 Å². The van der Waals surface area contributed by atoms with Crippen LogP contribution in [0.3, 0.4) is 0 Å². The molecule has 0 aliphatic rings. The first kappa shape index (κ1) is 12.2. The monoisotopic (exact) mass is 293 g/mol. The van der Waals surface area contributed by atoms with Gasteiger partial charge in [0.2, 0.25) is 10.0 Å². The van der Waals surface area contributed by atoms with E-state index in [4.69, 9.17) is 0 Å². The van der Waals surface area contributed by atoms with Gasteiger partial charge in [0.1, 0.15) is 5.83 Å². The SMILES string of the molecule is CS(=O)(=O)N/C=C(/F)c1cccc(Br)c1. The molecule has 0 radical (unpaired) electrons. The predicted octanol–water partition coefficient (Wildman–Crippen LogP) is 2.27. The Balaban J connectivity index is 2.90. The highest BCUT2D eigenvalue weighted by Crippen LogP contribution is 2.19. The highest BCUT2D eigenvalue weighted by Gasteiger charge is 2.02. The van der Waals surface area contributed by atoms with E-state index in [2.05, 4.69) is 15.9 Å². The van der Waals surface area contributed by atoms with E-state index in [0.717, 1.165) is 16.9 Å². The molecule has 1 aromatic carbocycles. The quantitative estimate of drug-likeness (QED) is 0.929. The highest BCUT2D eigenvalue weighted by molar-refractivity contribution is 9.10. The molecule has 0 heterocycles. The lowest BCUT2D eigenvalue weighted by Crippen LogP contribution is -2.15. The summed E-state index contributed by atoms with van der Waals surface area (Å²) in [5, 5.41) is 0. The third kappa shape index (κ3) is 4.44. The molecule has 1 N–H and O–H groups in total. The topological polar surface area (TPSA) is 46.2 Å². The molecule has 1 rings (SSSR count). The highest BCUT2D eigenvalue weighted by atomic mass is 79.9. The Kier molecular flexibility index (Phi) is 3.87. The Bertz CT molecular complexity index is 485. The maximum absolute atomic E-state index is 13.4. The Hall–Kier alpha value is -0.880. The van der Waals surface area contributed by atoms with Gasteiger partial charge in [0.05, 0.1) is 6.26 Å². The second-order valence-electron chi connectivity index (χ2n) is 2.89. The van der Waals surface area contributed by atoms with E-state index < -0.39 is 15.9 Å². The first-order valence-corrected chi connectivity index (χ1v) is 6.66. The van der Waals surface area contributed by atoms with Crippen molar-refractivity contribution in [3.05, 3.63) is 40.5 Å². The molecule has 6 heteroatoms. The fourth-order valence-electron chi connectivity index (χ4n) is 0.879. The molecule has 3 nitrogen and oxygen atoms in total. The lowest BCUT2D eigenvalue weighted by Gasteiger charge is -2.00. The van der Waals surface area contributed by atoms with Crippen molar-refractivity contribution in [2.24, 2.45) is 0 Å². The van der Waals surface area contributed by atoms with Crippen LogP contribution >= 0.6 is 15.9 Å². The Morgan fingerprint density at radius 3 is 2.73 bits per heavy atom. The predicted molar refractivity (Wildman–Crippen MR) is 61.2 cm³/mol. The van der Waals surface area contributed by atoms with Crippen LogP contribution < -0.4 is 4.72 Å². The summed E-state index contributed by atoms with van der Waals surface area (Å²) < 4.78 is 37.4. The smallest absolute Gasteiger partial charge is 0.229 e. The molecule has 1 aromatic rings. The van der Waals surface area contributed by atoms with Crippen molar-refractivity contribution in [3.8, 4) is 0 Å². The molecule has 0 saturated heterocycles. The van der Waals surface area contributed by atoms with Gasteiger partial charge in [0, 0.05) is 16.2 Å². The first-order valence-electron chi connectivity index (χ1n) is 3.97. The maximum atomic E-state index is 13.4. The summed E-state index contributed by atoms with van der Waals surface area (Å²) in [6.07, 6.45) is 1.77. The average molecular weight is 294 g/mol. The van der Waals surface area contributed by atoms with Crippen molar-refractivity contribution in [1.82, 2.24) is 4.72 Å². The summed E-state index contributed by atoms with van der Waals surface area (Å²) in [6.45, 7) is 0. The number of nitrogens with one attached hydrogen (secondary N) is 1. The summed E-state index contributed by atoms with van der Waals surface area (Å²) in [5.74, 6) is -0.637. The van der Waals surface area contributed by atoms with Gasteiger partial charge in [-0.3, -0.25) is 4.72 Å². The molecule has 0 atom stereocenters. The second kappa shape index (κ2) is 4.76. The number of hydrogen-bond acceptors (Lipinski definition) is 2. The van der Waals surface area contributed by atoms with E-state index in [1.165, 1.54) is 0 Å². The molecule has 0 aliphatic carbocycles. The van der Waals surface area contributed by atoms with Crippen molar-refractivity contribution >= 4 is 31.8 Å². The van der Waals surface area contributed by atoms with Gasteiger partial charge in [0.25, 0.3) is 0 Å². The lowest BCUT2D eigenvalue weighted by atomic mass is 10.2. The minimum absolute atomic E-state index is 0.306. The molecule has 0 fully saturated rings. The molecule has 15 heavy (non-hydrogen) atoms. The lowest BCUT2D eigenvalue weighted by molar-refractivity contribution is 0.596. The van der Waals surface area contributed by atoms with Gasteiger partial charge < -0.3 is 0 Å². The van der Waals surface area contributed by atoms with Gasteiger partial charge in [-0.05, 0) is 12.1 Å². The largest absolute Gasteiger partial charge is 0.288 e. The molecular weight excluding hydrogens is 285 g/mol. The van der Waals surface area contributed by atoms with Crippen molar-refractivity contribution in [3.63, 3.8) is 0 Å². The Morgan fingerprint density at radius 1 is 1.53 bits per heavy atom. The molecule has 0 aliphatic heterocycles. The van der Waals surface area contributed by atoms with Crippen LogP contribution in [0.1, 0.15) is 5.56 Å². The van der Waals surface area contributed by atoms with Gasteiger partial charge in [-0.1, -0.05) is 28.1 Å². The van der Waals surface area contributed by atoms with Crippen LogP contribution in [0, 0.1) is 0 Å². The van der Waals surface area contributed by atoms with Crippen LogP contribution in [0.4, 0.5) is 4.39 Å². The second-order valence-corrected chi connectivity index (χ2v) is 5.59. The zero-order valence-corrected chi connectivity index (χ0v) is 10.3. The van der Waals surface area contributed by atoms with E-state index in [9.17, 15) is 12.8 Å². The molecule has 82 valence electrons. The number of rotatable bonds is 3. The number of hydrogen-bond donors (Lipinski definition) is 1. The van der Waals surface area contributed by atoms with Crippen molar-refractivity contribution in [1.29, 1.82) is 0 Å². The maximum Gasteiger partial charge on any atom is 0.229 e. The fraction of sp³-hybridized carbons (Fsp3) is 0.111. The number of sulfonamides is 1. The summed E-state index contributed by atoms with van der Waals surface area (Å²) in [5.41, 5.74) is 0.306. The zero-order chi connectivity index (χ0) is 11.5. The van der Waals surface area contributed by atoms with Gasteiger partial charge in [-0.2, -0.15) is 0 Å². The van der Waals surface area contributed by atoms with Crippen LogP contribution in [-0.4, -0.2) is 14.7 Å². The molecule has 0 amide bonds. The van der Waals surface area contributed by atoms with Crippen molar-refractivity contribution < 1.29 is 12.8 Å². The number of benzene rings is 1. The van der Waals surface area contributed by atoms with E-state index in [1.807, 2.05) is 4.72 Å². The summed E-state index contributed by atoms with van der Waals surface area (Å²) in [7, 11) is -3.42. The van der Waals surface area contributed by atoms with Crippen LogP contribution in [0.25, 0.3) is 5.83 Å². The van der Waals surface area contributed by atoms with Gasteiger partial charge in [0.15, 0.2) is 0 Å². The number of halogens is 2. The van der Waals surface area contributed by atoms with E-state index in [0.29, 0.717) is 5.56 Å². The van der Waals surface area contributed by atoms with Crippen LogP contribution in [-0.2, 0) is 10.0 Å². The van der Waals surface area contributed by atoms with E-state index in [-0.39, 0.29) is 0 Å². The van der Waals surface area contributed by atoms with Crippen molar-refractivity contribution in [2.45, 2.75) is 0 Å².